The number of rotatable bonds is 4. The van der Waals surface area contributed by atoms with Crippen LogP contribution in [0, 0.1) is 5.82 Å². The Morgan fingerprint density at radius 1 is 1.00 bits per heavy atom. The molecule has 0 atom stereocenters. The number of ether oxygens (including phenoxy) is 1. The Kier molecular flexibility index (Phi) is 5.49. The van der Waals surface area contributed by atoms with Gasteiger partial charge in [0.05, 0.1) is 16.8 Å². The molecule has 2 aliphatic rings. The minimum absolute atomic E-state index is 0.101. The zero-order valence-electron chi connectivity index (χ0n) is 19.9. The Morgan fingerprint density at radius 3 is 2.56 bits per heavy atom. The molecule has 0 saturated carbocycles. The maximum Gasteiger partial charge on any atom is 0.231 e. The fraction of sp³-hybridized carbons (Fsp3) is 0.207. The molecule has 1 aromatic heterocycles. The quantitative estimate of drug-likeness (QED) is 0.416. The van der Waals surface area contributed by atoms with Crippen molar-refractivity contribution in [1.82, 2.24) is 9.47 Å². The first kappa shape index (κ1) is 22.4. The Balaban J connectivity index is 1.24. The van der Waals surface area contributed by atoms with Crippen LogP contribution in [0.25, 0.3) is 17.0 Å². The molecular formula is C29H26FN3O3. The van der Waals surface area contributed by atoms with Gasteiger partial charge in [-0.05, 0) is 36.4 Å². The molecule has 1 fully saturated rings. The number of carbonyl (C=O) groups excluding carboxylic acids is 1. The van der Waals surface area contributed by atoms with Gasteiger partial charge in [0.2, 0.25) is 5.78 Å². The number of halogens is 1. The number of aromatic hydroxyl groups is 1. The molecule has 2 aliphatic heterocycles. The molecule has 0 aliphatic carbocycles. The summed E-state index contributed by atoms with van der Waals surface area (Å²) < 4.78 is 22.3. The van der Waals surface area contributed by atoms with Gasteiger partial charge in [0.15, 0.2) is 5.76 Å². The number of phenols is 1. The van der Waals surface area contributed by atoms with E-state index in [4.69, 9.17) is 4.74 Å². The van der Waals surface area contributed by atoms with Crippen LogP contribution in [-0.4, -0.2) is 46.5 Å². The van der Waals surface area contributed by atoms with Crippen molar-refractivity contribution in [2.75, 3.05) is 31.1 Å². The van der Waals surface area contributed by atoms with E-state index in [-0.39, 0.29) is 23.1 Å². The Labute approximate surface area is 208 Å². The highest BCUT2D eigenvalue weighted by molar-refractivity contribution is 6.15. The lowest BCUT2D eigenvalue weighted by Gasteiger charge is -2.36. The molecule has 0 bridgehead atoms. The number of hydrogen-bond acceptors (Lipinski definition) is 5. The number of ketones is 1. The zero-order chi connectivity index (χ0) is 24.8. The van der Waals surface area contributed by atoms with Gasteiger partial charge in [0.25, 0.3) is 0 Å². The first-order valence-corrected chi connectivity index (χ1v) is 12.0. The van der Waals surface area contributed by atoms with Crippen molar-refractivity contribution in [2.24, 2.45) is 7.05 Å². The predicted octanol–water partition coefficient (Wildman–Crippen LogP) is 4.96. The van der Waals surface area contributed by atoms with Crippen LogP contribution in [0.2, 0.25) is 0 Å². The third-order valence-corrected chi connectivity index (χ3v) is 7.08. The maximum atomic E-state index is 14.2. The summed E-state index contributed by atoms with van der Waals surface area (Å²) in [7, 11) is 1.97. The highest BCUT2D eigenvalue weighted by atomic mass is 19.1. The molecule has 36 heavy (non-hydrogen) atoms. The third kappa shape index (κ3) is 3.82. The molecule has 0 spiro atoms. The Bertz CT molecular complexity index is 1520. The molecule has 3 aromatic carbocycles. The van der Waals surface area contributed by atoms with E-state index in [9.17, 15) is 14.3 Å². The maximum absolute atomic E-state index is 14.2. The number of phenolic OH excluding ortho intramolecular Hbond substituents is 1. The van der Waals surface area contributed by atoms with E-state index >= 15 is 0 Å². The molecule has 3 heterocycles. The molecule has 4 aromatic rings. The third-order valence-electron chi connectivity index (χ3n) is 7.08. The van der Waals surface area contributed by atoms with Crippen molar-refractivity contribution >= 4 is 28.4 Å². The van der Waals surface area contributed by atoms with Gasteiger partial charge in [-0.15, -0.1) is 0 Å². The minimum atomic E-state index is -0.220. The normalized spacial score (nSPS) is 17.1. The van der Waals surface area contributed by atoms with Crippen LogP contribution in [0.1, 0.15) is 21.5 Å². The zero-order valence-corrected chi connectivity index (χ0v) is 19.9. The first-order valence-electron chi connectivity index (χ1n) is 12.0. The predicted molar refractivity (Wildman–Crippen MR) is 138 cm³/mol. The molecule has 6 rings (SSSR count). The monoisotopic (exact) mass is 483 g/mol. The number of piperazine rings is 1. The van der Waals surface area contributed by atoms with Gasteiger partial charge in [-0.3, -0.25) is 9.69 Å². The summed E-state index contributed by atoms with van der Waals surface area (Å²) in [5, 5.41) is 11.7. The van der Waals surface area contributed by atoms with E-state index in [1.165, 1.54) is 6.07 Å². The largest absolute Gasteiger partial charge is 0.507 e. The van der Waals surface area contributed by atoms with E-state index < -0.39 is 0 Å². The van der Waals surface area contributed by atoms with Crippen LogP contribution in [0.4, 0.5) is 10.1 Å². The fourth-order valence-electron chi connectivity index (χ4n) is 5.16. The first-order chi connectivity index (χ1) is 17.5. The Hall–Kier alpha value is -4.10. The van der Waals surface area contributed by atoms with Gasteiger partial charge in [-0.1, -0.05) is 30.3 Å². The second kappa shape index (κ2) is 8.84. The van der Waals surface area contributed by atoms with E-state index in [0.717, 1.165) is 16.5 Å². The van der Waals surface area contributed by atoms with E-state index in [1.807, 2.05) is 53.0 Å². The van der Waals surface area contributed by atoms with Gasteiger partial charge in [-0.25, -0.2) is 4.39 Å². The van der Waals surface area contributed by atoms with Crippen molar-refractivity contribution in [3.8, 4) is 11.5 Å². The lowest BCUT2D eigenvalue weighted by molar-refractivity contribution is 0.101. The molecule has 1 N–H and O–H groups in total. The van der Waals surface area contributed by atoms with Crippen molar-refractivity contribution in [1.29, 1.82) is 0 Å². The molecule has 0 unspecified atom stereocenters. The summed E-state index contributed by atoms with van der Waals surface area (Å²) in [6.07, 6.45) is 3.75. The molecular weight excluding hydrogens is 457 g/mol. The van der Waals surface area contributed by atoms with E-state index in [2.05, 4.69) is 4.90 Å². The standard InChI is InChI=1S/C29H26FN3O3/c1-31-17-19(20-6-2-4-8-24(20)31)16-27-28(35)21-10-11-26(34)22(29(21)36-27)18-32-12-14-33(15-13-32)25-9-5-3-7-23(25)30/h2-11,16-17,34H,12-15,18H2,1H3/b27-16+. The van der Waals surface area contributed by atoms with Crippen LogP contribution < -0.4 is 9.64 Å². The lowest BCUT2D eigenvalue weighted by atomic mass is 10.0. The van der Waals surface area contributed by atoms with Gasteiger partial charge in [0, 0.05) is 62.4 Å². The van der Waals surface area contributed by atoms with Crippen LogP contribution in [0.3, 0.4) is 0 Å². The summed E-state index contributed by atoms with van der Waals surface area (Å²) in [5.41, 5.74) is 3.64. The highest BCUT2D eigenvalue weighted by Crippen LogP contribution is 2.40. The van der Waals surface area contributed by atoms with E-state index in [0.29, 0.717) is 55.3 Å². The second-order valence-corrected chi connectivity index (χ2v) is 9.31. The van der Waals surface area contributed by atoms with Gasteiger partial charge in [0.1, 0.15) is 17.3 Å². The van der Waals surface area contributed by atoms with Crippen molar-refractivity contribution < 1.29 is 19.0 Å². The van der Waals surface area contributed by atoms with E-state index in [1.54, 1.807) is 30.3 Å². The smallest absolute Gasteiger partial charge is 0.231 e. The summed E-state index contributed by atoms with van der Waals surface area (Å²) in [5.74, 6) is 0.357. The van der Waals surface area contributed by atoms with Crippen LogP contribution in [-0.2, 0) is 13.6 Å². The van der Waals surface area contributed by atoms with Gasteiger partial charge in [-0.2, -0.15) is 0 Å². The highest BCUT2D eigenvalue weighted by Gasteiger charge is 2.32. The number of benzene rings is 3. The number of hydrogen-bond donors (Lipinski definition) is 1. The second-order valence-electron chi connectivity index (χ2n) is 9.31. The lowest BCUT2D eigenvalue weighted by Crippen LogP contribution is -2.46. The number of aryl methyl sites for hydroxylation is 1. The summed E-state index contributed by atoms with van der Waals surface area (Å²) in [6, 6.07) is 18.0. The van der Waals surface area contributed by atoms with Gasteiger partial charge < -0.3 is 19.3 Å². The number of carbonyl (C=O) groups is 1. The molecule has 0 amide bonds. The van der Waals surface area contributed by atoms with Crippen LogP contribution in [0.15, 0.2) is 72.6 Å². The fourth-order valence-corrected chi connectivity index (χ4v) is 5.16. The minimum Gasteiger partial charge on any atom is -0.507 e. The average molecular weight is 484 g/mol. The number of allylic oxidation sites excluding steroid dienone is 1. The molecule has 1 saturated heterocycles. The average Bonchev–Trinajstić information content (AvgIpc) is 3.38. The number of Topliss-reactive ketones (excluding diaryl/α,β-unsaturated/α-hetero) is 1. The molecule has 6 nitrogen and oxygen atoms in total. The number of para-hydroxylation sites is 2. The van der Waals surface area contributed by atoms with Crippen molar-refractivity contribution in [2.45, 2.75) is 6.54 Å². The molecule has 182 valence electrons. The van der Waals surface area contributed by atoms with Crippen molar-refractivity contribution in [3.63, 3.8) is 0 Å². The van der Waals surface area contributed by atoms with Crippen LogP contribution >= 0.6 is 0 Å². The topological polar surface area (TPSA) is 57.9 Å². The number of fused-ring (bicyclic) bond motifs is 2. The number of nitrogens with zero attached hydrogens (tertiary/aromatic N) is 3. The summed E-state index contributed by atoms with van der Waals surface area (Å²) in [6.45, 7) is 3.18. The van der Waals surface area contributed by atoms with Gasteiger partial charge >= 0.3 is 0 Å². The van der Waals surface area contributed by atoms with Crippen molar-refractivity contribution in [3.05, 3.63) is 95.1 Å². The Morgan fingerprint density at radius 2 is 1.75 bits per heavy atom. The molecule has 7 heteroatoms. The van der Waals surface area contributed by atoms with Crippen LogP contribution in [0.5, 0.6) is 11.5 Å². The molecule has 0 radical (unpaired) electrons. The number of anilines is 1. The summed E-state index contributed by atoms with van der Waals surface area (Å²) in [4.78, 5) is 17.4. The number of aromatic nitrogens is 1. The summed E-state index contributed by atoms with van der Waals surface area (Å²) >= 11 is 0. The SMILES string of the molecule is Cn1cc(/C=C2/Oc3c(ccc(O)c3CN3CCN(c4ccccc4F)CC3)C2=O)c2ccccc21.